The summed E-state index contributed by atoms with van der Waals surface area (Å²) < 4.78 is 0. The molecule has 0 saturated heterocycles. The maximum atomic E-state index is 6.08. The molecule has 2 aromatic carbocycles. The van der Waals surface area contributed by atoms with Gasteiger partial charge in [0.1, 0.15) is 5.82 Å². The summed E-state index contributed by atoms with van der Waals surface area (Å²) in [6, 6.07) is 14.9. The number of aryl methyl sites for hydroxylation is 1. The van der Waals surface area contributed by atoms with E-state index in [1.807, 2.05) is 36.4 Å². The monoisotopic (exact) mass is 478 g/mol. The summed E-state index contributed by atoms with van der Waals surface area (Å²) in [5.41, 5.74) is 9.39. The van der Waals surface area contributed by atoms with Gasteiger partial charge in [0.2, 0.25) is 0 Å². The molecule has 0 atom stereocenters. The van der Waals surface area contributed by atoms with E-state index in [9.17, 15) is 0 Å². The van der Waals surface area contributed by atoms with E-state index in [4.69, 9.17) is 27.3 Å². The number of nitrogens with one attached hydrogen (secondary N) is 1. The van der Waals surface area contributed by atoms with Crippen molar-refractivity contribution in [1.29, 1.82) is 0 Å². The number of hydrogen-bond acceptors (Lipinski definition) is 4. The summed E-state index contributed by atoms with van der Waals surface area (Å²) >= 11 is 5.98. The topological polar surface area (TPSA) is 63.8 Å². The van der Waals surface area contributed by atoms with Crippen LogP contribution in [0, 0.1) is 0 Å². The van der Waals surface area contributed by atoms with Gasteiger partial charge in [0.25, 0.3) is 0 Å². The molecule has 3 N–H and O–H groups in total. The van der Waals surface area contributed by atoms with Crippen LogP contribution < -0.4 is 11.1 Å². The molecule has 0 amide bonds. The number of rotatable bonds is 5. The Morgan fingerprint density at radius 2 is 1.71 bits per heavy atom. The van der Waals surface area contributed by atoms with Crippen molar-refractivity contribution < 1.29 is 0 Å². The lowest BCUT2D eigenvalue weighted by molar-refractivity contribution is 0.410. The Labute approximate surface area is 201 Å². The van der Waals surface area contributed by atoms with Gasteiger partial charge in [-0.05, 0) is 73.6 Å². The maximum absolute atomic E-state index is 6.08. The fourth-order valence-corrected chi connectivity index (χ4v) is 3.93. The smallest absolute Gasteiger partial charge is 0.154 e. The highest BCUT2D eigenvalue weighted by molar-refractivity contribution is 6.30. The number of fused-ring (bicyclic) bond motifs is 1. The quantitative estimate of drug-likeness (QED) is 0.436. The lowest BCUT2D eigenvalue weighted by Crippen LogP contribution is -2.33. The molecular weight excluding hydrogens is 451 g/mol. The highest BCUT2D eigenvalue weighted by atomic mass is 35.5. The van der Waals surface area contributed by atoms with Crippen molar-refractivity contribution in [2.45, 2.75) is 51.1 Å². The predicted octanol–water partition coefficient (Wildman–Crippen LogP) is 6.54. The summed E-state index contributed by atoms with van der Waals surface area (Å²) in [5.74, 6) is 1.62. The van der Waals surface area contributed by atoms with Crippen LogP contribution in [0.5, 0.6) is 0 Å². The SMILES string of the molecule is CCc1ccc2nc(C=Cc3ccc(Cl)cc3)nc(NC3CCC(N)CC3)c2c1.Cl.Cl. The van der Waals surface area contributed by atoms with E-state index in [0.29, 0.717) is 17.9 Å². The zero-order chi connectivity index (χ0) is 20.2. The molecule has 4 nitrogen and oxygen atoms in total. The molecule has 0 bridgehead atoms. The van der Waals surface area contributed by atoms with Gasteiger partial charge in [0.05, 0.1) is 5.52 Å². The molecule has 1 aliphatic carbocycles. The second-order valence-electron chi connectivity index (χ2n) is 7.78. The average Bonchev–Trinajstić information content (AvgIpc) is 2.74. The first-order valence-corrected chi connectivity index (χ1v) is 10.7. The highest BCUT2D eigenvalue weighted by Gasteiger charge is 2.20. The Kier molecular flexibility index (Phi) is 9.57. The van der Waals surface area contributed by atoms with Crippen molar-refractivity contribution in [3.63, 3.8) is 0 Å². The van der Waals surface area contributed by atoms with Crippen molar-refractivity contribution in [3.8, 4) is 0 Å². The van der Waals surface area contributed by atoms with E-state index in [1.54, 1.807) is 0 Å². The second kappa shape index (κ2) is 11.7. The van der Waals surface area contributed by atoms with Gasteiger partial charge in [0.15, 0.2) is 5.82 Å². The van der Waals surface area contributed by atoms with Gasteiger partial charge in [-0.2, -0.15) is 0 Å². The largest absolute Gasteiger partial charge is 0.367 e. The minimum Gasteiger partial charge on any atom is -0.367 e. The van der Waals surface area contributed by atoms with Crippen LogP contribution in [0.2, 0.25) is 5.02 Å². The lowest BCUT2D eigenvalue weighted by atomic mass is 9.92. The summed E-state index contributed by atoms with van der Waals surface area (Å²) in [5, 5.41) is 5.50. The van der Waals surface area contributed by atoms with Gasteiger partial charge in [-0.3, -0.25) is 0 Å². The molecule has 166 valence electrons. The van der Waals surface area contributed by atoms with Crippen molar-refractivity contribution >= 4 is 65.3 Å². The van der Waals surface area contributed by atoms with Gasteiger partial charge in [-0.15, -0.1) is 24.8 Å². The lowest BCUT2D eigenvalue weighted by Gasteiger charge is -2.27. The third-order valence-electron chi connectivity index (χ3n) is 5.59. The van der Waals surface area contributed by atoms with E-state index in [0.717, 1.165) is 59.4 Å². The summed E-state index contributed by atoms with van der Waals surface area (Å²) in [7, 11) is 0. The first-order chi connectivity index (χ1) is 14.1. The number of nitrogens with zero attached hydrogens (tertiary/aromatic N) is 2. The van der Waals surface area contributed by atoms with Gasteiger partial charge in [-0.25, -0.2) is 9.97 Å². The second-order valence-corrected chi connectivity index (χ2v) is 8.21. The summed E-state index contributed by atoms with van der Waals surface area (Å²) in [6.45, 7) is 2.17. The highest BCUT2D eigenvalue weighted by Crippen LogP contribution is 2.27. The fraction of sp³-hybridized carbons (Fsp3) is 0.333. The van der Waals surface area contributed by atoms with E-state index in [2.05, 4.69) is 30.4 Å². The van der Waals surface area contributed by atoms with Gasteiger partial charge in [0, 0.05) is 22.5 Å². The summed E-state index contributed by atoms with van der Waals surface area (Å²) in [6.07, 6.45) is 9.24. The Balaban J connectivity index is 0.00000171. The minimum absolute atomic E-state index is 0. The molecule has 4 rings (SSSR count). The standard InChI is InChI=1S/C24H27ClN4.2ClH/c1-2-16-5-13-22-21(15-16)24(27-20-11-9-19(26)10-12-20)29-23(28-22)14-6-17-3-7-18(25)8-4-17;;/h3-8,13-15,19-20H,2,9-12,26H2,1H3,(H,27,28,29);2*1H. The first kappa shape index (κ1) is 25.4. The third kappa shape index (κ3) is 6.56. The Morgan fingerprint density at radius 3 is 2.39 bits per heavy atom. The molecule has 3 aromatic rings. The molecule has 1 fully saturated rings. The third-order valence-corrected chi connectivity index (χ3v) is 5.85. The molecule has 0 aliphatic heterocycles. The number of benzene rings is 2. The number of hydrogen-bond donors (Lipinski definition) is 2. The average molecular weight is 480 g/mol. The van der Waals surface area contributed by atoms with Crippen LogP contribution in [0.4, 0.5) is 5.82 Å². The maximum Gasteiger partial charge on any atom is 0.154 e. The predicted molar refractivity (Wildman–Crippen MR) is 138 cm³/mol. The Morgan fingerprint density at radius 1 is 1.00 bits per heavy atom. The van der Waals surface area contributed by atoms with Gasteiger partial charge < -0.3 is 11.1 Å². The molecule has 7 heteroatoms. The zero-order valence-electron chi connectivity index (χ0n) is 17.6. The van der Waals surface area contributed by atoms with Gasteiger partial charge >= 0.3 is 0 Å². The molecule has 31 heavy (non-hydrogen) atoms. The Bertz CT molecular complexity index is 1010. The van der Waals surface area contributed by atoms with E-state index in [-0.39, 0.29) is 24.8 Å². The van der Waals surface area contributed by atoms with Crippen LogP contribution in [0.1, 0.15) is 49.6 Å². The molecule has 0 radical (unpaired) electrons. The Hall–Kier alpha value is -1.85. The molecule has 1 saturated carbocycles. The fourth-order valence-electron chi connectivity index (χ4n) is 3.80. The van der Waals surface area contributed by atoms with Crippen molar-refractivity contribution in [2.75, 3.05) is 5.32 Å². The van der Waals surface area contributed by atoms with Crippen LogP contribution in [-0.4, -0.2) is 22.1 Å². The molecule has 1 aliphatic rings. The molecule has 0 spiro atoms. The summed E-state index contributed by atoms with van der Waals surface area (Å²) in [4.78, 5) is 9.62. The zero-order valence-corrected chi connectivity index (χ0v) is 19.9. The molecule has 1 aromatic heterocycles. The molecule has 1 heterocycles. The van der Waals surface area contributed by atoms with Crippen LogP contribution in [0.3, 0.4) is 0 Å². The van der Waals surface area contributed by atoms with Gasteiger partial charge in [-0.1, -0.05) is 42.8 Å². The van der Waals surface area contributed by atoms with Crippen LogP contribution in [-0.2, 0) is 6.42 Å². The molecular formula is C24H29Cl3N4. The van der Waals surface area contributed by atoms with Crippen molar-refractivity contribution in [1.82, 2.24) is 9.97 Å². The van der Waals surface area contributed by atoms with E-state index < -0.39 is 0 Å². The van der Waals surface area contributed by atoms with Crippen LogP contribution in [0.25, 0.3) is 23.1 Å². The van der Waals surface area contributed by atoms with E-state index in [1.165, 1.54) is 5.56 Å². The molecule has 0 unspecified atom stereocenters. The van der Waals surface area contributed by atoms with Crippen molar-refractivity contribution in [2.24, 2.45) is 5.73 Å². The van der Waals surface area contributed by atoms with Crippen LogP contribution in [0.15, 0.2) is 42.5 Å². The van der Waals surface area contributed by atoms with Crippen LogP contribution >= 0.6 is 36.4 Å². The van der Waals surface area contributed by atoms with Crippen molar-refractivity contribution in [3.05, 3.63) is 64.4 Å². The first-order valence-electron chi connectivity index (χ1n) is 10.4. The minimum atomic E-state index is 0. The number of anilines is 1. The normalized spacial score (nSPS) is 18.4. The van der Waals surface area contributed by atoms with E-state index >= 15 is 0 Å². The number of nitrogens with two attached hydrogens (primary N) is 1. The number of halogens is 3. The number of aromatic nitrogens is 2.